The molecular weight excluding hydrogens is 276 g/mol. The van der Waals surface area contributed by atoms with Gasteiger partial charge in [-0.2, -0.15) is 0 Å². The van der Waals surface area contributed by atoms with Crippen molar-refractivity contribution in [1.29, 1.82) is 0 Å². The Morgan fingerprint density at radius 3 is 2.95 bits per heavy atom. The number of ether oxygens (including phenoxy) is 1. The lowest BCUT2D eigenvalue weighted by Crippen LogP contribution is -2.43. The van der Waals surface area contributed by atoms with Gasteiger partial charge in [0.2, 0.25) is 0 Å². The Morgan fingerprint density at radius 1 is 1.52 bits per heavy atom. The molecule has 0 aliphatic carbocycles. The van der Waals surface area contributed by atoms with Crippen molar-refractivity contribution in [2.24, 2.45) is 0 Å². The van der Waals surface area contributed by atoms with Crippen LogP contribution in [0.4, 0.5) is 0 Å². The lowest BCUT2D eigenvalue weighted by Gasteiger charge is -2.15. The number of carbonyl (C=O) groups is 2. The van der Waals surface area contributed by atoms with E-state index in [4.69, 9.17) is 0 Å². The molecule has 8 nitrogen and oxygen atoms in total. The van der Waals surface area contributed by atoms with Crippen molar-refractivity contribution in [3.63, 3.8) is 0 Å². The van der Waals surface area contributed by atoms with Crippen LogP contribution in [0.15, 0.2) is 30.9 Å². The normalized spacial score (nSPS) is 11.7. The molecule has 3 N–H and O–H groups in total. The van der Waals surface area contributed by atoms with Gasteiger partial charge in [0.15, 0.2) is 5.69 Å². The van der Waals surface area contributed by atoms with Crippen molar-refractivity contribution in [1.82, 2.24) is 20.3 Å². The molecule has 2 aromatic rings. The van der Waals surface area contributed by atoms with Crippen LogP contribution in [-0.2, 0) is 16.0 Å². The van der Waals surface area contributed by atoms with E-state index in [0.717, 1.165) is 0 Å². The minimum Gasteiger partial charge on any atom is -0.505 e. The summed E-state index contributed by atoms with van der Waals surface area (Å²) in [6, 6.07) is 1.92. The van der Waals surface area contributed by atoms with Crippen LogP contribution >= 0.6 is 0 Å². The van der Waals surface area contributed by atoms with Crippen molar-refractivity contribution < 1.29 is 19.4 Å². The SMILES string of the molecule is COC(=O)[C@H](Cc1cnc[nH]1)NC(=O)c1ncccc1O. The molecule has 1 amide bonds. The maximum Gasteiger partial charge on any atom is 0.328 e. The number of amides is 1. The molecule has 0 fully saturated rings. The van der Waals surface area contributed by atoms with E-state index in [1.807, 2.05) is 0 Å². The van der Waals surface area contributed by atoms with Crippen molar-refractivity contribution >= 4 is 11.9 Å². The number of aromatic nitrogens is 3. The average Bonchev–Trinajstić information content (AvgIpc) is 2.99. The van der Waals surface area contributed by atoms with E-state index < -0.39 is 17.9 Å². The molecule has 0 saturated heterocycles. The second kappa shape index (κ2) is 6.51. The summed E-state index contributed by atoms with van der Waals surface area (Å²) in [4.78, 5) is 34.2. The highest BCUT2D eigenvalue weighted by Crippen LogP contribution is 2.12. The molecule has 0 radical (unpaired) electrons. The van der Waals surface area contributed by atoms with Crippen LogP contribution in [-0.4, -0.2) is 45.1 Å². The zero-order chi connectivity index (χ0) is 15.2. The minimum atomic E-state index is -0.913. The number of nitrogens with zero attached hydrogens (tertiary/aromatic N) is 2. The van der Waals surface area contributed by atoms with Crippen molar-refractivity contribution in [2.75, 3.05) is 7.11 Å². The molecule has 1 atom stereocenters. The van der Waals surface area contributed by atoms with Crippen LogP contribution in [0, 0.1) is 0 Å². The Labute approximate surface area is 120 Å². The third kappa shape index (κ3) is 3.56. The topological polar surface area (TPSA) is 117 Å². The number of aromatic amines is 1. The molecule has 8 heteroatoms. The molecule has 0 aliphatic heterocycles. The van der Waals surface area contributed by atoms with Gasteiger partial charge in [-0.1, -0.05) is 0 Å². The Kier molecular flexibility index (Phi) is 4.50. The third-order valence-corrected chi connectivity index (χ3v) is 2.77. The van der Waals surface area contributed by atoms with Crippen LogP contribution < -0.4 is 5.32 Å². The van der Waals surface area contributed by atoms with Gasteiger partial charge in [0.05, 0.1) is 13.4 Å². The van der Waals surface area contributed by atoms with Crippen LogP contribution in [0.3, 0.4) is 0 Å². The summed E-state index contributed by atoms with van der Waals surface area (Å²) >= 11 is 0. The van der Waals surface area contributed by atoms with Crippen LogP contribution in [0.2, 0.25) is 0 Å². The van der Waals surface area contributed by atoms with Crippen LogP contribution in [0.5, 0.6) is 5.75 Å². The predicted molar refractivity (Wildman–Crippen MR) is 71.5 cm³/mol. The summed E-state index contributed by atoms with van der Waals surface area (Å²) in [6.45, 7) is 0. The minimum absolute atomic E-state index is 0.156. The van der Waals surface area contributed by atoms with Gasteiger partial charge in [0.1, 0.15) is 11.8 Å². The number of hydrogen-bond acceptors (Lipinski definition) is 6. The first-order chi connectivity index (χ1) is 10.1. The van der Waals surface area contributed by atoms with E-state index >= 15 is 0 Å². The van der Waals surface area contributed by atoms with E-state index in [2.05, 4.69) is 25.0 Å². The maximum atomic E-state index is 12.1. The Morgan fingerprint density at radius 2 is 2.33 bits per heavy atom. The largest absolute Gasteiger partial charge is 0.505 e. The lowest BCUT2D eigenvalue weighted by atomic mass is 10.1. The zero-order valence-electron chi connectivity index (χ0n) is 11.2. The average molecular weight is 290 g/mol. The van der Waals surface area contributed by atoms with Gasteiger partial charge in [-0.05, 0) is 12.1 Å². The van der Waals surface area contributed by atoms with E-state index in [0.29, 0.717) is 5.69 Å². The number of aromatic hydroxyl groups is 1. The third-order valence-electron chi connectivity index (χ3n) is 2.77. The first-order valence-electron chi connectivity index (χ1n) is 6.11. The Balaban J connectivity index is 2.13. The predicted octanol–water partition coefficient (Wildman–Crippen LogP) is 0.0244. The molecule has 2 rings (SSSR count). The summed E-state index contributed by atoms with van der Waals surface area (Å²) in [5.41, 5.74) is 0.506. The van der Waals surface area contributed by atoms with E-state index in [1.165, 1.54) is 31.8 Å². The van der Waals surface area contributed by atoms with Crippen LogP contribution in [0.1, 0.15) is 16.2 Å². The fraction of sp³-hybridized carbons (Fsp3) is 0.231. The quantitative estimate of drug-likeness (QED) is 0.668. The number of esters is 1. The molecule has 21 heavy (non-hydrogen) atoms. The van der Waals surface area contributed by atoms with Gasteiger partial charge in [-0.25, -0.2) is 14.8 Å². The van der Waals surface area contributed by atoms with Crippen LogP contribution in [0.25, 0.3) is 0 Å². The summed E-state index contributed by atoms with van der Waals surface area (Å²) in [5.74, 6) is -1.53. The molecule has 2 heterocycles. The van der Waals surface area contributed by atoms with E-state index in [9.17, 15) is 14.7 Å². The molecule has 0 aliphatic rings. The standard InChI is InChI=1S/C13H14N4O4/c1-21-13(20)9(5-8-6-14-7-16-8)17-12(19)11-10(18)3-2-4-15-11/h2-4,6-7,9,18H,5H2,1H3,(H,14,16)(H,17,19)/t9-/m0/s1. The highest BCUT2D eigenvalue weighted by atomic mass is 16.5. The van der Waals surface area contributed by atoms with E-state index in [-0.39, 0.29) is 17.9 Å². The first-order valence-corrected chi connectivity index (χ1v) is 6.11. The highest BCUT2D eigenvalue weighted by molar-refractivity contribution is 5.97. The number of nitrogens with one attached hydrogen (secondary N) is 2. The molecule has 2 aromatic heterocycles. The molecule has 0 aromatic carbocycles. The molecule has 110 valence electrons. The summed E-state index contributed by atoms with van der Waals surface area (Å²) in [5, 5.41) is 12.1. The number of H-pyrrole nitrogens is 1. The van der Waals surface area contributed by atoms with Gasteiger partial charge in [-0.15, -0.1) is 0 Å². The van der Waals surface area contributed by atoms with Gasteiger partial charge >= 0.3 is 5.97 Å². The number of imidazole rings is 1. The number of rotatable bonds is 5. The van der Waals surface area contributed by atoms with Crippen molar-refractivity contribution in [3.05, 3.63) is 42.2 Å². The number of methoxy groups -OCH3 is 1. The molecule has 0 saturated carbocycles. The Bertz CT molecular complexity index is 627. The Hall–Kier alpha value is -2.90. The molecule has 0 unspecified atom stereocenters. The van der Waals surface area contributed by atoms with Gasteiger partial charge in [0.25, 0.3) is 5.91 Å². The second-order valence-electron chi connectivity index (χ2n) is 4.20. The number of carbonyl (C=O) groups excluding carboxylic acids is 2. The fourth-order valence-electron chi connectivity index (χ4n) is 1.75. The van der Waals surface area contributed by atoms with Gasteiger partial charge in [0, 0.05) is 24.5 Å². The fourth-order valence-corrected chi connectivity index (χ4v) is 1.75. The monoisotopic (exact) mass is 290 g/mol. The lowest BCUT2D eigenvalue weighted by molar-refractivity contribution is -0.142. The maximum absolute atomic E-state index is 12.1. The number of hydrogen-bond donors (Lipinski definition) is 3. The second-order valence-corrected chi connectivity index (χ2v) is 4.20. The van der Waals surface area contributed by atoms with Crippen molar-refractivity contribution in [2.45, 2.75) is 12.5 Å². The smallest absolute Gasteiger partial charge is 0.328 e. The zero-order valence-corrected chi connectivity index (χ0v) is 11.2. The van der Waals surface area contributed by atoms with Gasteiger partial charge in [-0.3, -0.25) is 4.79 Å². The molecule has 0 spiro atoms. The van der Waals surface area contributed by atoms with Crippen molar-refractivity contribution in [3.8, 4) is 5.75 Å². The summed E-state index contributed by atoms with van der Waals surface area (Å²) in [6.07, 6.45) is 4.57. The first kappa shape index (κ1) is 14.5. The van der Waals surface area contributed by atoms with Gasteiger partial charge < -0.3 is 20.1 Å². The molecule has 0 bridgehead atoms. The molecular formula is C13H14N4O4. The summed E-state index contributed by atoms with van der Waals surface area (Å²) < 4.78 is 4.66. The number of pyridine rings is 1. The summed E-state index contributed by atoms with van der Waals surface area (Å²) in [7, 11) is 1.23. The van der Waals surface area contributed by atoms with E-state index in [1.54, 1.807) is 6.20 Å². The highest BCUT2D eigenvalue weighted by Gasteiger charge is 2.24.